The molecule has 12 heteroatoms. The molecule has 0 unspecified atom stereocenters. The summed E-state index contributed by atoms with van der Waals surface area (Å²) in [4.78, 5) is 26.7. The molecule has 0 spiro atoms. The molecule has 2 heterocycles. The van der Waals surface area contributed by atoms with E-state index in [9.17, 15) is 18.0 Å². The van der Waals surface area contributed by atoms with E-state index in [2.05, 4.69) is 9.80 Å². The van der Waals surface area contributed by atoms with E-state index in [1.807, 2.05) is 29.2 Å². The Hall–Kier alpha value is -2.86. The number of hydrogen-bond donors (Lipinski definition) is 4. The Morgan fingerprint density at radius 1 is 1.00 bits per heavy atom. The van der Waals surface area contributed by atoms with Crippen molar-refractivity contribution in [2.24, 2.45) is 5.73 Å². The minimum Gasteiger partial charge on any atom is -0.480 e. The van der Waals surface area contributed by atoms with E-state index >= 15 is 0 Å². The standard InChI is InChI=1S/C18H27N5O2.C2HF3O2/c19-18(20)14-1-3-15(4-2-14)22-9-11-23(12-10-22)16-5-7-21(8-6-16)13-17(24)25;3-2(4,5)1(6)7/h1-4,16H,5-13H2,(H3,19,20)(H,24,25);(H,6,7). The third-order valence-electron chi connectivity index (χ3n) is 5.53. The second-order valence-electron chi connectivity index (χ2n) is 7.69. The Labute approximate surface area is 183 Å². The Morgan fingerprint density at radius 2 is 1.50 bits per heavy atom. The summed E-state index contributed by atoms with van der Waals surface area (Å²) in [5.41, 5.74) is 7.45. The number of nitrogens with one attached hydrogen (secondary N) is 1. The Kier molecular flexibility index (Phi) is 8.84. The van der Waals surface area contributed by atoms with Gasteiger partial charge in [0.2, 0.25) is 0 Å². The van der Waals surface area contributed by atoms with Gasteiger partial charge in [0, 0.05) is 56.6 Å². The Morgan fingerprint density at radius 3 is 1.91 bits per heavy atom. The van der Waals surface area contributed by atoms with Gasteiger partial charge in [0.1, 0.15) is 5.84 Å². The van der Waals surface area contributed by atoms with Crippen LogP contribution in [0.15, 0.2) is 24.3 Å². The van der Waals surface area contributed by atoms with Crippen molar-refractivity contribution in [3.05, 3.63) is 29.8 Å². The van der Waals surface area contributed by atoms with E-state index in [-0.39, 0.29) is 12.4 Å². The number of carboxylic acids is 2. The summed E-state index contributed by atoms with van der Waals surface area (Å²) < 4.78 is 31.7. The third-order valence-corrected chi connectivity index (χ3v) is 5.53. The number of likely N-dealkylation sites (tertiary alicyclic amines) is 1. The van der Waals surface area contributed by atoms with Gasteiger partial charge in [-0.1, -0.05) is 0 Å². The number of nitrogens with two attached hydrogens (primary N) is 1. The highest BCUT2D eigenvalue weighted by Gasteiger charge is 2.38. The molecule has 2 aliphatic rings. The van der Waals surface area contributed by atoms with Crippen LogP contribution >= 0.6 is 0 Å². The summed E-state index contributed by atoms with van der Waals surface area (Å²) in [6, 6.07) is 8.46. The highest BCUT2D eigenvalue weighted by Crippen LogP contribution is 2.22. The largest absolute Gasteiger partial charge is 0.490 e. The lowest BCUT2D eigenvalue weighted by Gasteiger charge is -2.43. The van der Waals surface area contributed by atoms with Gasteiger partial charge in [-0.25, -0.2) is 4.79 Å². The van der Waals surface area contributed by atoms with Crippen LogP contribution in [0.4, 0.5) is 18.9 Å². The minimum atomic E-state index is -5.08. The first-order chi connectivity index (χ1) is 15.0. The summed E-state index contributed by atoms with van der Waals surface area (Å²) in [5, 5.41) is 23.5. The van der Waals surface area contributed by atoms with Gasteiger partial charge in [0.05, 0.1) is 6.54 Å². The van der Waals surface area contributed by atoms with E-state index < -0.39 is 18.1 Å². The number of nitrogens with zero attached hydrogens (tertiary/aromatic N) is 3. The predicted octanol–water partition coefficient (Wildman–Crippen LogP) is 1.27. The zero-order chi connectivity index (χ0) is 23.9. The lowest BCUT2D eigenvalue weighted by atomic mass is 10.0. The van der Waals surface area contributed by atoms with Gasteiger partial charge < -0.3 is 20.8 Å². The first-order valence-electron chi connectivity index (χ1n) is 10.1. The maximum absolute atomic E-state index is 10.8. The first kappa shape index (κ1) is 25.4. The number of carboxylic acid groups (broad SMARTS) is 2. The monoisotopic (exact) mass is 459 g/mol. The second-order valence-corrected chi connectivity index (χ2v) is 7.69. The molecule has 5 N–H and O–H groups in total. The van der Waals surface area contributed by atoms with Crippen LogP contribution in [0.2, 0.25) is 0 Å². The maximum atomic E-state index is 10.8. The van der Waals surface area contributed by atoms with Crippen molar-refractivity contribution in [1.29, 1.82) is 5.41 Å². The topological polar surface area (TPSA) is 134 Å². The van der Waals surface area contributed by atoms with Crippen molar-refractivity contribution >= 4 is 23.5 Å². The quantitative estimate of drug-likeness (QED) is 0.382. The Balaban J connectivity index is 0.000000451. The predicted molar refractivity (Wildman–Crippen MR) is 112 cm³/mol. The van der Waals surface area contributed by atoms with E-state index in [1.54, 1.807) is 0 Å². The van der Waals surface area contributed by atoms with Gasteiger partial charge in [-0.3, -0.25) is 20.0 Å². The summed E-state index contributed by atoms with van der Waals surface area (Å²) in [6.45, 7) is 5.99. The minimum absolute atomic E-state index is 0.102. The van der Waals surface area contributed by atoms with Crippen molar-refractivity contribution in [3.8, 4) is 0 Å². The smallest absolute Gasteiger partial charge is 0.480 e. The number of rotatable bonds is 5. The lowest BCUT2D eigenvalue weighted by Crippen LogP contribution is -2.53. The Bertz CT molecular complexity index is 787. The molecule has 1 aromatic carbocycles. The summed E-state index contributed by atoms with van der Waals surface area (Å²) in [7, 11) is 0. The number of amidine groups is 1. The van der Waals surface area contributed by atoms with Crippen LogP contribution < -0.4 is 10.6 Å². The molecular weight excluding hydrogens is 431 g/mol. The van der Waals surface area contributed by atoms with Gasteiger partial charge in [-0.15, -0.1) is 0 Å². The number of halogens is 3. The molecule has 2 fully saturated rings. The molecule has 0 radical (unpaired) electrons. The van der Waals surface area contributed by atoms with Gasteiger partial charge in [-0.2, -0.15) is 13.2 Å². The molecule has 9 nitrogen and oxygen atoms in total. The molecule has 0 amide bonds. The van der Waals surface area contributed by atoms with Gasteiger partial charge in [-0.05, 0) is 37.1 Å². The van der Waals surface area contributed by atoms with E-state index in [4.69, 9.17) is 26.2 Å². The molecule has 178 valence electrons. The molecule has 2 saturated heterocycles. The zero-order valence-electron chi connectivity index (χ0n) is 17.5. The van der Waals surface area contributed by atoms with E-state index in [1.165, 1.54) is 5.69 Å². The molecule has 0 atom stereocenters. The first-order valence-corrected chi connectivity index (χ1v) is 10.1. The highest BCUT2D eigenvalue weighted by molar-refractivity contribution is 5.95. The van der Waals surface area contributed by atoms with Crippen molar-refractivity contribution in [3.63, 3.8) is 0 Å². The summed E-state index contributed by atoms with van der Waals surface area (Å²) >= 11 is 0. The number of alkyl halides is 3. The molecule has 0 aromatic heterocycles. The molecule has 3 rings (SSSR count). The molecule has 32 heavy (non-hydrogen) atoms. The molecule has 1 aromatic rings. The number of nitrogen functional groups attached to an aromatic ring is 1. The van der Waals surface area contributed by atoms with Crippen molar-refractivity contribution in [2.45, 2.75) is 25.1 Å². The van der Waals surface area contributed by atoms with Crippen LogP contribution in [0.5, 0.6) is 0 Å². The summed E-state index contributed by atoms with van der Waals surface area (Å²) in [5.74, 6) is -3.39. The zero-order valence-corrected chi connectivity index (χ0v) is 17.5. The number of anilines is 1. The van der Waals surface area contributed by atoms with Crippen LogP contribution in [0.1, 0.15) is 18.4 Å². The fraction of sp³-hybridized carbons (Fsp3) is 0.550. The fourth-order valence-electron chi connectivity index (χ4n) is 3.83. The number of hydrogen-bond acceptors (Lipinski definition) is 6. The van der Waals surface area contributed by atoms with E-state index in [0.717, 1.165) is 57.7 Å². The van der Waals surface area contributed by atoms with Crippen LogP contribution in [-0.2, 0) is 9.59 Å². The number of carbonyl (C=O) groups is 2. The second kappa shape index (κ2) is 11.1. The van der Waals surface area contributed by atoms with Crippen LogP contribution in [-0.4, -0.2) is 95.8 Å². The summed E-state index contributed by atoms with van der Waals surface area (Å²) in [6.07, 6.45) is -2.97. The SMILES string of the molecule is N=C(N)c1ccc(N2CCN(C3CCN(CC(=O)O)CC3)CC2)cc1.O=C(O)C(F)(F)F. The molecular formula is C20H28F3N5O4. The van der Waals surface area contributed by atoms with Gasteiger partial charge in [0.15, 0.2) is 0 Å². The maximum Gasteiger partial charge on any atom is 0.490 e. The highest BCUT2D eigenvalue weighted by atomic mass is 19.4. The average molecular weight is 459 g/mol. The van der Waals surface area contributed by atoms with Crippen LogP contribution in [0.3, 0.4) is 0 Å². The number of piperidine rings is 1. The van der Waals surface area contributed by atoms with Crippen molar-refractivity contribution in [1.82, 2.24) is 9.80 Å². The molecule has 2 aliphatic heterocycles. The normalized spacial score (nSPS) is 18.5. The van der Waals surface area contributed by atoms with E-state index in [0.29, 0.717) is 6.04 Å². The van der Waals surface area contributed by atoms with Crippen molar-refractivity contribution < 1.29 is 33.0 Å². The average Bonchev–Trinajstić information content (AvgIpc) is 2.74. The van der Waals surface area contributed by atoms with Gasteiger partial charge >= 0.3 is 18.1 Å². The number of aliphatic carboxylic acids is 2. The van der Waals surface area contributed by atoms with Crippen LogP contribution in [0.25, 0.3) is 0 Å². The third kappa shape index (κ3) is 7.68. The molecule has 0 aliphatic carbocycles. The number of benzene rings is 1. The molecule has 0 saturated carbocycles. The fourth-order valence-corrected chi connectivity index (χ4v) is 3.83. The molecule has 0 bridgehead atoms. The number of piperazine rings is 1. The van der Waals surface area contributed by atoms with Crippen molar-refractivity contribution in [2.75, 3.05) is 50.7 Å². The van der Waals surface area contributed by atoms with Gasteiger partial charge in [0.25, 0.3) is 0 Å². The van der Waals surface area contributed by atoms with Crippen LogP contribution in [0, 0.1) is 5.41 Å². The lowest BCUT2D eigenvalue weighted by molar-refractivity contribution is -0.192.